The minimum absolute atomic E-state index is 0.102. The third-order valence-electron chi connectivity index (χ3n) is 5.94. The van der Waals surface area contributed by atoms with E-state index in [-0.39, 0.29) is 11.5 Å². The van der Waals surface area contributed by atoms with Crippen molar-refractivity contribution in [2.24, 2.45) is 0 Å². The summed E-state index contributed by atoms with van der Waals surface area (Å²) in [5.74, 6) is 1.16. The first-order valence-corrected chi connectivity index (χ1v) is 10.4. The number of aromatic nitrogens is 4. The summed E-state index contributed by atoms with van der Waals surface area (Å²) in [6, 6.07) is 14.8. The van der Waals surface area contributed by atoms with E-state index in [1.165, 1.54) is 17.8 Å². The van der Waals surface area contributed by atoms with Crippen LogP contribution in [0.15, 0.2) is 76.9 Å². The zero-order valence-electron chi connectivity index (χ0n) is 17.8. The highest BCUT2D eigenvalue weighted by Crippen LogP contribution is 2.44. The minimum Gasteiger partial charge on any atom is -0.507 e. The van der Waals surface area contributed by atoms with Crippen molar-refractivity contribution >= 4 is 22.2 Å². The van der Waals surface area contributed by atoms with E-state index in [0.29, 0.717) is 51.0 Å². The van der Waals surface area contributed by atoms with E-state index in [1.54, 1.807) is 25.3 Å². The summed E-state index contributed by atoms with van der Waals surface area (Å²) in [7, 11) is 0. The summed E-state index contributed by atoms with van der Waals surface area (Å²) in [5.41, 5.74) is 2.03. The van der Waals surface area contributed by atoms with Crippen molar-refractivity contribution in [2.75, 3.05) is 0 Å². The lowest BCUT2D eigenvalue weighted by atomic mass is 9.85. The Hall–Kier alpha value is -4.46. The number of Topliss-reactive ketones (excluding diaryl/α,β-unsaturated/α-hetero) is 1. The van der Waals surface area contributed by atoms with Crippen LogP contribution in [0.5, 0.6) is 11.6 Å². The average molecular weight is 438 g/mol. The molecule has 0 amide bonds. The minimum atomic E-state index is -0.542. The summed E-state index contributed by atoms with van der Waals surface area (Å²) in [6.07, 6.45) is 3.07. The molecule has 8 nitrogen and oxygen atoms in total. The SMILES string of the molecule is CC(=O)C1=C(C)Oc2ncn3nc(-c4ccc5ccccc5c4O)nc3c2C1c1ccco1. The van der Waals surface area contributed by atoms with Crippen molar-refractivity contribution in [2.45, 2.75) is 19.8 Å². The molecule has 1 aliphatic heterocycles. The van der Waals surface area contributed by atoms with Gasteiger partial charge in [0.2, 0.25) is 5.88 Å². The maximum Gasteiger partial charge on any atom is 0.228 e. The normalized spacial score (nSPS) is 15.6. The fraction of sp³-hybridized carbons (Fsp3) is 0.120. The number of ketones is 1. The third-order valence-corrected chi connectivity index (χ3v) is 5.94. The van der Waals surface area contributed by atoms with Gasteiger partial charge in [-0.15, -0.1) is 5.10 Å². The molecule has 0 radical (unpaired) electrons. The maximum absolute atomic E-state index is 12.6. The Morgan fingerprint density at radius 2 is 1.97 bits per heavy atom. The summed E-state index contributed by atoms with van der Waals surface area (Å²) in [6.45, 7) is 3.24. The summed E-state index contributed by atoms with van der Waals surface area (Å²) < 4.78 is 13.1. The molecular formula is C25H18N4O4. The number of carbonyl (C=O) groups excluding carboxylic acids is 1. The van der Waals surface area contributed by atoms with Gasteiger partial charge < -0.3 is 14.3 Å². The van der Waals surface area contributed by atoms with Gasteiger partial charge in [-0.05, 0) is 37.4 Å². The Bertz CT molecular complexity index is 1600. The second kappa shape index (κ2) is 7.03. The number of benzene rings is 2. The van der Waals surface area contributed by atoms with Gasteiger partial charge in [0.05, 0.1) is 23.3 Å². The number of allylic oxidation sites excluding steroid dienone is 2. The van der Waals surface area contributed by atoms with Gasteiger partial charge in [0.15, 0.2) is 17.3 Å². The van der Waals surface area contributed by atoms with E-state index in [2.05, 4.69) is 10.1 Å². The predicted molar refractivity (Wildman–Crippen MR) is 120 cm³/mol. The highest BCUT2D eigenvalue weighted by molar-refractivity contribution is 5.97. The van der Waals surface area contributed by atoms with Gasteiger partial charge in [0.25, 0.3) is 0 Å². The van der Waals surface area contributed by atoms with Crippen molar-refractivity contribution < 1.29 is 19.1 Å². The monoisotopic (exact) mass is 438 g/mol. The molecule has 33 heavy (non-hydrogen) atoms. The van der Waals surface area contributed by atoms with E-state index >= 15 is 0 Å². The second-order valence-electron chi connectivity index (χ2n) is 7.93. The molecule has 2 aromatic carbocycles. The lowest BCUT2D eigenvalue weighted by Crippen LogP contribution is -2.21. The number of hydrogen-bond donors (Lipinski definition) is 1. The fourth-order valence-electron chi connectivity index (χ4n) is 4.48. The highest BCUT2D eigenvalue weighted by atomic mass is 16.5. The number of hydrogen-bond acceptors (Lipinski definition) is 7. The summed E-state index contributed by atoms with van der Waals surface area (Å²) in [4.78, 5) is 21.7. The molecule has 0 fully saturated rings. The Kier molecular flexibility index (Phi) is 4.10. The number of nitrogens with zero attached hydrogens (tertiary/aromatic N) is 4. The van der Waals surface area contributed by atoms with E-state index < -0.39 is 5.92 Å². The van der Waals surface area contributed by atoms with Crippen LogP contribution in [-0.4, -0.2) is 30.5 Å². The number of phenols is 1. The Morgan fingerprint density at radius 1 is 1.12 bits per heavy atom. The molecule has 0 saturated heterocycles. The molecule has 5 aromatic rings. The number of fused-ring (bicyclic) bond motifs is 4. The first-order chi connectivity index (χ1) is 16.0. The zero-order chi connectivity index (χ0) is 22.7. The van der Waals surface area contributed by atoms with Crippen LogP contribution in [0.1, 0.15) is 31.1 Å². The fourth-order valence-corrected chi connectivity index (χ4v) is 4.48. The van der Waals surface area contributed by atoms with Crippen LogP contribution in [0.3, 0.4) is 0 Å². The van der Waals surface area contributed by atoms with Crippen LogP contribution in [0.2, 0.25) is 0 Å². The van der Waals surface area contributed by atoms with Crippen LogP contribution >= 0.6 is 0 Å². The molecule has 1 atom stereocenters. The smallest absolute Gasteiger partial charge is 0.228 e. The van der Waals surface area contributed by atoms with E-state index in [0.717, 1.165) is 5.39 Å². The number of furan rings is 1. The molecule has 162 valence electrons. The topological polar surface area (TPSA) is 103 Å². The van der Waals surface area contributed by atoms with Gasteiger partial charge in [-0.3, -0.25) is 4.79 Å². The molecule has 8 heteroatoms. The lowest BCUT2D eigenvalue weighted by Gasteiger charge is -2.26. The van der Waals surface area contributed by atoms with Crippen molar-refractivity contribution in [3.05, 3.63) is 83.8 Å². The number of carbonyl (C=O) groups is 1. The van der Waals surface area contributed by atoms with Gasteiger partial charge >= 0.3 is 0 Å². The zero-order valence-corrected chi connectivity index (χ0v) is 17.8. The second-order valence-corrected chi connectivity index (χ2v) is 7.93. The van der Waals surface area contributed by atoms with Crippen molar-refractivity contribution in [1.29, 1.82) is 0 Å². The van der Waals surface area contributed by atoms with Crippen LogP contribution < -0.4 is 4.74 Å². The largest absolute Gasteiger partial charge is 0.507 e. The molecule has 1 aliphatic rings. The van der Waals surface area contributed by atoms with Gasteiger partial charge in [-0.25, -0.2) is 14.5 Å². The van der Waals surface area contributed by atoms with Crippen molar-refractivity contribution in [3.8, 4) is 23.0 Å². The van der Waals surface area contributed by atoms with Gasteiger partial charge in [-0.1, -0.05) is 30.3 Å². The molecule has 0 bridgehead atoms. The van der Waals surface area contributed by atoms with Crippen LogP contribution in [0.25, 0.3) is 27.8 Å². The maximum atomic E-state index is 12.6. The molecule has 1 N–H and O–H groups in total. The number of rotatable bonds is 3. The van der Waals surface area contributed by atoms with Crippen molar-refractivity contribution in [1.82, 2.24) is 19.6 Å². The first-order valence-electron chi connectivity index (χ1n) is 10.4. The number of aromatic hydroxyl groups is 1. The predicted octanol–water partition coefficient (Wildman–Crippen LogP) is 4.63. The van der Waals surface area contributed by atoms with Crippen LogP contribution in [0.4, 0.5) is 0 Å². The quantitative estimate of drug-likeness (QED) is 0.438. The number of ether oxygens (including phenoxy) is 1. The van der Waals surface area contributed by atoms with Gasteiger partial charge in [-0.2, -0.15) is 0 Å². The third kappa shape index (κ3) is 2.84. The average Bonchev–Trinajstić information content (AvgIpc) is 3.48. The molecule has 4 heterocycles. The molecule has 0 saturated carbocycles. The van der Waals surface area contributed by atoms with Crippen molar-refractivity contribution in [3.63, 3.8) is 0 Å². The van der Waals surface area contributed by atoms with Gasteiger partial charge in [0.1, 0.15) is 23.6 Å². The Balaban J connectivity index is 1.60. The summed E-state index contributed by atoms with van der Waals surface area (Å²) in [5, 5.41) is 17.1. The molecule has 6 rings (SSSR count). The molecule has 0 aliphatic carbocycles. The highest BCUT2D eigenvalue weighted by Gasteiger charge is 2.37. The van der Waals surface area contributed by atoms with E-state index in [4.69, 9.17) is 14.1 Å². The van der Waals surface area contributed by atoms with Gasteiger partial charge in [0, 0.05) is 11.0 Å². The standard InChI is InChI=1S/C25H18N4O4/c1-13(30)19-14(2)33-25-21(20(19)18-8-5-11-32-18)24-27-23(28-29(24)12-26-25)17-10-9-15-6-3-4-7-16(15)22(17)31/h3-12,20,31H,1-2H3. The first kappa shape index (κ1) is 19.2. The van der Waals surface area contributed by atoms with Crippen LogP contribution in [-0.2, 0) is 4.79 Å². The molecule has 0 spiro atoms. The lowest BCUT2D eigenvalue weighted by molar-refractivity contribution is -0.114. The summed E-state index contributed by atoms with van der Waals surface area (Å²) >= 11 is 0. The molecule has 3 aromatic heterocycles. The molecular weight excluding hydrogens is 420 g/mol. The van der Waals surface area contributed by atoms with Crippen LogP contribution in [0, 0.1) is 0 Å². The molecule has 1 unspecified atom stereocenters. The Morgan fingerprint density at radius 3 is 2.76 bits per heavy atom. The van der Waals surface area contributed by atoms with E-state index in [1.807, 2.05) is 36.4 Å². The van der Waals surface area contributed by atoms with E-state index in [9.17, 15) is 9.90 Å². The number of phenolic OH excluding ortho intramolecular Hbond substituents is 1. The Labute approximate surface area is 187 Å².